The topological polar surface area (TPSA) is 92.7 Å². The Bertz CT molecular complexity index is 1010. The van der Waals surface area contributed by atoms with Crippen LogP contribution < -0.4 is 5.32 Å². The number of carboxylic acid groups (broad SMARTS) is 1. The fraction of sp³-hybridized carbons (Fsp3) is 0.667. The number of carboxylic acids is 1. The lowest BCUT2D eigenvalue weighted by Gasteiger charge is -2.17. The van der Waals surface area contributed by atoms with Crippen LogP contribution in [-0.2, 0) is 19.1 Å². The standard InChI is InChI=1S/C45H75NO5/c1-3-5-7-9-11-13-15-17-18-19-21-23-25-27-32-36-40-45(50)51-42(38-34-30-28-31-35-39-43(47)46-41-44(48)49)37-33-29-26-24-22-20-16-14-12-10-8-6-4-2/h6,8,12-15,18-20,22,26,29,42H,3-5,7,9-11,16-17,21,23-25,27-28,30-41H2,1-2H3,(H,46,47)(H,48,49)/b8-6-,14-12-,15-13-,19-18-,22-20-,29-26-. The molecule has 2 N–H and O–H groups in total. The highest BCUT2D eigenvalue weighted by atomic mass is 16.5. The Hall–Kier alpha value is -3.15. The van der Waals surface area contributed by atoms with Gasteiger partial charge in [-0.25, -0.2) is 0 Å². The summed E-state index contributed by atoms with van der Waals surface area (Å²) in [7, 11) is 0. The minimum Gasteiger partial charge on any atom is -0.480 e. The maximum atomic E-state index is 12.7. The van der Waals surface area contributed by atoms with Crippen molar-refractivity contribution in [1.82, 2.24) is 5.32 Å². The summed E-state index contributed by atoms with van der Waals surface area (Å²) in [6.07, 6.45) is 53.0. The number of amides is 1. The smallest absolute Gasteiger partial charge is 0.322 e. The average molecular weight is 710 g/mol. The molecule has 0 aliphatic heterocycles. The monoisotopic (exact) mass is 710 g/mol. The maximum Gasteiger partial charge on any atom is 0.322 e. The highest BCUT2D eigenvalue weighted by Crippen LogP contribution is 2.17. The first-order valence-corrected chi connectivity index (χ1v) is 20.6. The van der Waals surface area contributed by atoms with Crippen LogP contribution in [0.3, 0.4) is 0 Å². The number of nitrogens with one attached hydrogen (secondary N) is 1. The molecule has 51 heavy (non-hydrogen) atoms. The van der Waals surface area contributed by atoms with E-state index in [4.69, 9.17) is 9.84 Å². The molecule has 0 aliphatic rings. The van der Waals surface area contributed by atoms with Crippen LogP contribution in [0.4, 0.5) is 0 Å². The van der Waals surface area contributed by atoms with Crippen molar-refractivity contribution < 1.29 is 24.2 Å². The molecule has 0 aromatic carbocycles. The first-order chi connectivity index (χ1) is 25.0. The van der Waals surface area contributed by atoms with Gasteiger partial charge in [-0.3, -0.25) is 14.4 Å². The Morgan fingerprint density at radius 1 is 0.529 bits per heavy atom. The number of unbranched alkanes of at least 4 members (excludes halogenated alkanes) is 13. The predicted octanol–water partition coefficient (Wildman–Crippen LogP) is 12.6. The van der Waals surface area contributed by atoms with E-state index < -0.39 is 5.97 Å². The molecule has 0 fully saturated rings. The van der Waals surface area contributed by atoms with Gasteiger partial charge >= 0.3 is 11.9 Å². The Morgan fingerprint density at radius 2 is 1.00 bits per heavy atom. The van der Waals surface area contributed by atoms with Gasteiger partial charge in [-0.05, 0) is 96.3 Å². The number of allylic oxidation sites excluding steroid dienone is 12. The van der Waals surface area contributed by atoms with Gasteiger partial charge in [0.15, 0.2) is 0 Å². The summed E-state index contributed by atoms with van der Waals surface area (Å²) in [6, 6.07) is 0. The van der Waals surface area contributed by atoms with E-state index in [9.17, 15) is 14.4 Å². The normalized spacial score (nSPS) is 12.8. The van der Waals surface area contributed by atoms with Crippen molar-refractivity contribution in [2.45, 2.75) is 187 Å². The number of hydrogen-bond acceptors (Lipinski definition) is 4. The number of rotatable bonds is 36. The molecule has 1 amide bonds. The van der Waals surface area contributed by atoms with Crippen molar-refractivity contribution in [1.29, 1.82) is 0 Å². The van der Waals surface area contributed by atoms with Gasteiger partial charge in [0, 0.05) is 12.8 Å². The van der Waals surface area contributed by atoms with E-state index in [1.165, 1.54) is 44.9 Å². The Labute approximate surface area is 313 Å². The summed E-state index contributed by atoms with van der Waals surface area (Å²) >= 11 is 0. The lowest BCUT2D eigenvalue weighted by atomic mass is 10.0. The lowest BCUT2D eigenvalue weighted by Crippen LogP contribution is -2.28. The van der Waals surface area contributed by atoms with E-state index in [2.05, 4.69) is 92.1 Å². The molecule has 0 aromatic rings. The molecule has 0 aromatic heterocycles. The van der Waals surface area contributed by atoms with Gasteiger partial charge in [0.2, 0.25) is 5.91 Å². The van der Waals surface area contributed by atoms with Crippen molar-refractivity contribution in [2.75, 3.05) is 6.54 Å². The van der Waals surface area contributed by atoms with Crippen molar-refractivity contribution in [3.63, 3.8) is 0 Å². The van der Waals surface area contributed by atoms with Gasteiger partial charge in [0.1, 0.15) is 12.6 Å². The molecule has 0 aliphatic carbocycles. The summed E-state index contributed by atoms with van der Waals surface area (Å²) in [5.74, 6) is -1.31. The van der Waals surface area contributed by atoms with E-state index >= 15 is 0 Å². The van der Waals surface area contributed by atoms with Crippen LogP contribution in [-0.4, -0.2) is 35.6 Å². The molecule has 0 saturated heterocycles. The van der Waals surface area contributed by atoms with E-state index in [1.54, 1.807) is 0 Å². The van der Waals surface area contributed by atoms with Gasteiger partial charge < -0.3 is 15.2 Å². The molecule has 0 rings (SSSR count). The lowest BCUT2D eigenvalue weighted by molar-refractivity contribution is -0.150. The van der Waals surface area contributed by atoms with Crippen LogP contribution in [0.15, 0.2) is 72.9 Å². The van der Waals surface area contributed by atoms with Gasteiger partial charge in [-0.2, -0.15) is 0 Å². The highest BCUT2D eigenvalue weighted by Gasteiger charge is 2.14. The highest BCUT2D eigenvalue weighted by molar-refractivity contribution is 5.80. The first-order valence-electron chi connectivity index (χ1n) is 20.6. The zero-order valence-corrected chi connectivity index (χ0v) is 32.7. The van der Waals surface area contributed by atoms with Crippen LogP contribution in [0.2, 0.25) is 0 Å². The van der Waals surface area contributed by atoms with E-state index in [-0.39, 0.29) is 24.5 Å². The summed E-state index contributed by atoms with van der Waals surface area (Å²) in [4.78, 5) is 35.0. The maximum absolute atomic E-state index is 12.7. The molecular formula is C45H75NO5. The second-order valence-corrected chi connectivity index (χ2v) is 13.5. The van der Waals surface area contributed by atoms with Crippen molar-refractivity contribution in [3.05, 3.63) is 72.9 Å². The second-order valence-electron chi connectivity index (χ2n) is 13.5. The molecule has 1 atom stereocenters. The van der Waals surface area contributed by atoms with Gasteiger partial charge in [0.05, 0.1) is 0 Å². The van der Waals surface area contributed by atoms with E-state index in [0.717, 1.165) is 109 Å². The summed E-state index contributed by atoms with van der Waals surface area (Å²) < 4.78 is 5.97. The molecule has 0 spiro atoms. The summed E-state index contributed by atoms with van der Waals surface area (Å²) in [6.45, 7) is 4.07. The van der Waals surface area contributed by atoms with Crippen LogP contribution in [0.5, 0.6) is 0 Å². The zero-order chi connectivity index (χ0) is 37.3. The molecule has 6 heteroatoms. The third kappa shape index (κ3) is 39.5. The number of ether oxygens (including phenoxy) is 1. The Kier molecular flexibility index (Phi) is 37.2. The Balaban J connectivity index is 4.33. The average Bonchev–Trinajstić information content (AvgIpc) is 3.11. The molecule has 1 unspecified atom stereocenters. The third-order valence-corrected chi connectivity index (χ3v) is 8.62. The molecule has 0 radical (unpaired) electrons. The predicted molar refractivity (Wildman–Crippen MR) is 217 cm³/mol. The van der Waals surface area contributed by atoms with E-state index in [1.807, 2.05) is 0 Å². The summed E-state index contributed by atoms with van der Waals surface area (Å²) in [5.41, 5.74) is 0. The molecule has 6 nitrogen and oxygen atoms in total. The molecule has 0 saturated carbocycles. The van der Waals surface area contributed by atoms with Gasteiger partial charge in [0.25, 0.3) is 0 Å². The van der Waals surface area contributed by atoms with Crippen molar-refractivity contribution in [3.8, 4) is 0 Å². The fourth-order valence-electron chi connectivity index (χ4n) is 5.59. The minimum absolute atomic E-state index is 0.0610. The summed E-state index contributed by atoms with van der Waals surface area (Å²) in [5, 5.41) is 11.1. The molecule has 290 valence electrons. The third-order valence-electron chi connectivity index (χ3n) is 8.62. The van der Waals surface area contributed by atoms with Crippen molar-refractivity contribution in [2.24, 2.45) is 0 Å². The quantitative estimate of drug-likeness (QED) is 0.0384. The van der Waals surface area contributed by atoms with Crippen LogP contribution in [0, 0.1) is 0 Å². The Morgan fingerprint density at radius 3 is 1.57 bits per heavy atom. The number of esters is 1. The van der Waals surface area contributed by atoms with Crippen LogP contribution in [0.25, 0.3) is 0 Å². The minimum atomic E-state index is -1.03. The molecule has 0 heterocycles. The SMILES string of the molecule is CC/C=C\C/C=C\C/C=C\C/C=C\CCC(CCCCCCCC(=O)NCC(=O)O)OC(=O)CCCCCCC/C=C\C/C=C\CCCCCC. The van der Waals surface area contributed by atoms with Crippen LogP contribution in [0.1, 0.15) is 181 Å². The first kappa shape index (κ1) is 47.8. The van der Waals surface area contributed by atoms with Crippen LogP contribution >= 0.6 is 0 Å². The second kappa shape index (κ2) is 39.6. The number of carbonyl (C=O) groups is 3. The number of hydrogen-bond donors (Lipinski definition) is 2. The number of aliphatic carboxylic acids is 1. The van der Waals surface area contributed by atoms with Crippen molar-refractivity contribution >= 4 is 17.8 Å². The van der Waals surface area contributed by atoms with E-state index in [0.29, 0.717) is 12.8 Å². The fourth-order valence-corrected chi connectivity index (χ4v) is 5.59. The van der Waals surface area contributed by atoms with Gasteiger partial charge in [-0.1, -0.05) is 145 Å². The largest absolute Gasteiger partial charge is 0.480 e. The zero-order valence-electron chi connectivity index (χ0n) is 32.7. The van der Waals surface area contributed by atoms with Gasteiger partial charge in [-0.15, -0.1) is 0 Å². The molecular weight excluding hydrogens is 634 g/mol. The molecule has 0 bridgehead atoms. The number of carbonyl (C=O) groups excluding carboxylic acids is 2.